The summed E-state index contributed by atoms with van der Waals surface area (Å²) < 4.78 is 49.9. The second-order valence-electron chi connectivity index (χ2n) is 8.88. The van der Waals surface area contributed by atoms with Crippen LogP contribution in [0.5, 0.6) is 5.75 Å². The Bertz CT molecular complexity index is 1330. The number of hydrogen-bond donors (Lipinski definition) is 0. The summed E-state index contributed by atoms with van der Waals surface area (Å²) in [6.45, 7) is 6.14. The van der Waals surface area contributed by atoms with Gasteiger partial charge in [0.15, 0.2) is 11.6 Å². The highest BCUT2D eigenvalue weighted by Gasteiger charge is 2.16. The van der Waals surface area contributed by atoms with Gasteiger partial charge in [-0.1, -0.05) is 78.4 Å². The summed E-state index contributed by atoms with van der Waals surface area (Å²) in [6.07, 6.45) is 4.68. The molecule has 0 radical (unpaired) electrons. The lowest BCUT2D eigenvalue weighted by molar-refractivity contribution is 0.310. The van der Waals surface area contributed by atoms with E-state index in [1.165, 1.54) is 6.07 Å². The van der Waals surface area contributed by atoms with Crippen molar-refractivity contribution in [3.8, 4) is 28.0 Å². The third kappa shape index (κ3) is 6.06. The molecule has 0 aliphatic heterocycles. The summed E-state index contributed by atoms with van der Waals surface area (Å²) >= 11 is 0. The Balaban J connectivity index is 1.41. The Morgan fingerprint density at radius 3 is 1.94 bits per heavy atom. The van der Waals surface area contributed by atoms with Crippen LogP contribution in [0.25, 0.3) is 22.3 Å². The zero-order valence-corrected chi connectivity index (χ0v) is 20.4. The predicted octanol–water partition coefficient (Wildman–Crippen LogP) is 8.88. The van der Waals surface area contributed by atoms with Gasteiger partial charge in [0.25, 0.3) is 0 Å². The third-order valence-corrected chi connectivity index (χ3v) is 6.24. The Kier molecular flexibility index (Phi) is 8.27. The molecule has 0 bridgehead atoms. The molecule has 0 saturated carbocycles. The van der Waals surface area contributed by atoms with Crippen LogP contribution in [-0.4, -0.2) is 6.61 Å². The van der Waals surface area contributed by atoms with E-state index in [1.54, 1.807) is 48.5 Å². The monoisotopic (exact) mass is 486 g/mol. The van der Waals surface area contributed by atoms with Gasteiger partial charge < -0.3 is 4.74 Å². The lowest BCUT2D eigenvalue weighted by atomic mass is 9.97. The first-order valence-electron chi connectivity index (χ1n) is 12.1. The van der Waals surface area contributed by atoms with Gasteiger partial charge in [-0.2, -0.15) is 0 Å². The minimum Gasteiger partial charge on any atom is -0.493 e. The molecule has 0 heterocycles. The molecular weight excluding hydrogens is 457 g/mol. The van der Waals surface area contributed by atoms with Gasteiger partial charge in [-0.3, -0.25) is 0 Å². The van der Waals surface area contributed by atoms with Crippen molar-refractivity contribution in [1.82, 2.24) is 0 Å². The summed E-state index contributed by atoms with van der Waals surface area (Å²) in [6, 6.07) is 22.8. The average Bonchev–Trinajstić information content (AvgIpc) is 2.89. The normalized spacial score (nSPS) is 10.9. The van der Waals surface area contributed by atoms with E-state index in [1.807, 2.05) is 37.3 Å². The summed E-state index contributed by atoms with van der Waals surface area (Å²) in [4.78, 5) is 0. The van der Waals surface area contributed by atoms with E-state index in [2.05, 4.69) is 6.58 Å². The van der Waals surface area contributed by atoms with Crippen LogP contribution in [0.2, 0.25) is 0 Å². The van der Waals surface area contributed by atoms with Crippen LogP contribution in [0, 0.1) is 24.4 Å². The lowest BCUT2D eigenvalue weighted by Crippen LogP contribution is -1.99. The predicted molar refractivity (Wildman–Crippen MR) is 141 cm³/mol. The second kappa shape index (κ2) is 11.8. The Morgan fingerprint density at radius 2 is 1.36 bits per heavy atom. The van der Waals surface area contributed by atoms with Crippen molar-refractivity contribution in [2.75, 3.05) is 6.61 Å². The molecule has 0 aromatic heterocycles. The number of hydrogen-bond acceptors (Lipinski definition) is 1. The molecule has 0 atom stereocenters. The molecule has 1 nitrogen and oxygen atoms in total. The number of rotatable bonds is 10. The van der Waals surface area contributed by atoms with Crippen molar-refractivity contribution in [3.05, 3.63) is 126 Å². The number of aryl methyl sites for hydroxylation is 3. The van der Waals surface area contributed by atoms with Crippen LogP contribution in [0.1, 0.15) is 29.5 Å². The van der Waals surface area contributed by atoms with Crippen molar-refractivity contribution in [3.63, 3.8) is 0 Å². The van der Waals surface area contributed by atoms with Gasteiger partial charge in [0, 0.05) is 17.2 Å². The zero-order valence-electron chi connectivity index (χ0n) is 20.4. The molecule has 0 unspecified atom stereocenters. The molecule has 0 saturated heterocycles. The van der Waals surface area contributed by atoms with Crippen LogP contribution in [0.15, 0.2) is 91.5 Å². The minimum absolute atomic E-state index is 0.213. The lowest BCUT2D eigenvalue weighted by Gasteiger charge is -2.11. The molecule has 0 amide bonds. The topological polar surface area (TPSA) is 9.23 Å². The molecule has 36 heavy (non-hydrogen) atoms. The molecule has 4 aromatic rings. The Labute approximate surface area is 210 Å². The zero-order chi connectivity index (χ0) is 25.5. The number of ether oxygens (including phenoxy) is 1. The van der Waals surface area contributed by atoms with Gasteiger partial charge in [-0.05, 0) is 60.9 Å². The molecular formula is C32H29F3O. The molecule has 0 N–H and O–H groups in total. The van der Waals surface area contributed by atoms with E-state index in [0.29, 0.717) is 41.9 Å². The molecule has 0 aliphatic rings. The van der Waals surface area contributed by atoms with Crippen LogP contribution < -0.4 is 4.74 Å². The maximum Gasteiger partial charge on any atom is 0.167 e. The van der Waals surface area contributed by atoms with Crippen molar-refractivity contribution < 1.29 is 17.9 Å². The van der Waals surface area contributed by atoms with Crippen LogP contribution >= 0.6 is 0 Å². The SMILES string of the molecule is C=CCCCOc1ccc(CCc2ccc(-c3ccc(-c4ccc(C)cc4)c(F)c3F)cc2)c(F)c1. The van der Waals surface area contributed by atoms with E-state index in [9.17, 15) is 13.2 Å². The van der Waals surface area contributed by atoms with E-state index < -0.39 is 11.6 Å². The summed E-state index contributed by atoms with van der Waals surface area (Å²) in [5.41, 5.74) is 4.33. The Morgan fingerprint density at radius 1 is 0.750 bits per heavy atom. The number of allylic oxidation sites excluding steroid dienone is 1. The van der Waals surface area contributed by atoms with Gasteiger partial charge >= 0.3 is 0 Å². The second-order valence-corrected chi connectivity index (χ2v) is 8.88. The minimum atomic E-state index is -0.866. The van der Waals surface area contributed by atoms with Gasteiger partial charge in [-0.15, -0.1) is 6.58 Å². The van der Waals surface area contributed by atoms with Crippen LogP contribution in [0.4, 0.5) is 13.2 Å². The van der Waals surface area contributed by atoms with Gasteiger partial charge in [0.2, 0.25) is 0 Å². The molecule has 0 fully saturated rings. The first kappa shape index (κ1) is 25.3. The van der Waals surface area contributed by atoms with Crippen molar-refractivity contribution in [2.24, 2.45) is 0 Å². The van der Waals surface area contributed by atoms with Crippen LogP contribution in [-0.2, 0) is 12.8 Å². The quantitative estimate of drug-likeness (QED) is 0.161. The highest BCUT2D eigenvalue weighted by Crippen LogP contribution is 2.32. The summed E-state index contributed by atoms with van der Waals surface area (Å²) in [7, 11) is 0. The first-order valence-corrected chi connectivity index (χ1v) is 12.1. The van der Waals surface area contributed by atoms with Gasteiger partial charge in [0.1, 0.15) is 11.6 Å². The fourth-order valence-corrected chi connectivity index (χ4v) is 4.10. The fourth-order valence-electron chi connectivity index (χ4n) is 4.10. The smallest absolute Gasteiger partial charge is 0.167 e. The standard InChI is InChI=1S/C32H29F3O/c1-3-4-5-20-36-27-17-16-26(30(33)21-27)15-10-23-8-13-25(14-9-23)29-19-18-28(31(34)32(29)35)24-11-6-22(2)7-12-24/h3,6-9,11-14,16-19,21H,1,4-5,10,15,20H2,2H3. The third-order valence-electron chi connectivity index (χ3n) is 6.24. The summed E-state index contributed by atoms with van der Waals surface area (Å²) in [5.74, 6) is -1.50. The molecule has 4 heteroatoms. The maximum absolute atomic E-state index is 14.9. The Hall–Kier alpha value is -3.79. The largest absolute Gasteiger partial charge is 0.493 e. The van der Waals surface area contributed by atoms with E-state index in [4.69, 9.17) is 4.74 Å². The highest BCUT2D eigenvalue weighted by atomic mass is 19.2. The van der Waals surface area contributed by atoms with Crippen LogP contribution in [0.3, 0.4) is 0 Å². The summed E-state index contributed by atoms with van der Waals surface area (Å²) in [5, 5.41) is 0. The van der Waals surface area contributed by atoms with E-state index >= 15 is 0 Å². The van der Waals surface area contributed by atoms with Crippen molar-refractivity contribution in [1.29, 1.82) is 0 Å². The molecule has 0 aliphatic carbocycles. The first-order chi connectivity index (χ1) is 17.5. The number of benzene rings is 4. The number of halogens is 3. The molecule has 0 spiro atoms. The van der Waals surface area contributed by atoms with Crippen molar-refractivity contribution >= 4 is 0 Å². The average molecular weight is 487 g/mol. The molecule has 4 aromatic carbocycles. The van der Waals surface area contributed by atoms with E-state index in [-0.39, 0.29) is 16.9 Å². The maximum atomic E-state index is 14.9. The van der Waals surface area contributed by atoms with Gasteiger partial charge in [0.05, 0.1) is 6.61 Å². The van der Waals surface area contributed by atoms with E-state index in [0.717, 1.165) is 24.0 Å². The van der Waals surface area contributed by atoms with Crippen molar-refractivity contribution in [2.45, 2.75) is 32.6 Å². The highest BCUT2D eigenvalue weighted by molar-refractivity contribution is 5.72. The molecule has 4 rings (SSSR count). The molecule has 184 valence electrons. The van der Waals surface area contributed by atoms with Gasteiger partial charge in [-0.25, -0.2) is 13.2 Å². The number of unbranched alkanes of at least 4 members (excludes halogenated alkanes) is 1. The fraction of sp³-hybridized carbons (Fsp3) is 0.188.